The van der Waals surface area contributed by atoms with Crippen LogP contribution in [0.3, 0.4) is 0 Å². The van der Waals surface area contributed by atoms with Gasteiger partial charge < -0.3 is 14.5 Å². The van der Waals surface area contributed by atoms with Gasteiger partial charge in [-0.1, -0.05) is 19.3 Å². The maximum absolute atomic E-state index is 5.14. The molecule has 0 atom stereocenters. The minimum atomic E-state index is 0.613. The van der Waals surface area contributed by atoms with Crippen LogP contribution in [0, 0.1) is 0 Å². The van der Waals surface area contributed by atoms with Crippen molar-refractivity contribution in [1.29, 1.82) is 0 Å². The van der Waals surface area contributed by atoms with Crippen LogP contribution in [-0.2, 0) is 0 Å². The zero-order valence-electron chi connectivity index (χ0n) is 12.9. The Balaban J connectivity index is 1.82. The maximum Gasteiger partial charge on any atom is 0.228 e. The fraction of sp³-hybridized carbons (Fsp3) is 0.733. The quantitative estimate of drug-likeness (QED) is 0.798. The van der Waals surface area contributed by atoms with Crippen molar-refractivity contribution in [2.45, 2.75) is 38.1 Å². The molecule has 1 saturated carbocycles. The third-order valence-corrected chi connectivity index (χ3v) is 4.15. The first-order chi connectivity index (χ1) is 9.70. The lowest BCUT2D eigenvalue weighted by Crippen LogP contribution is -2.39. The molecule has 20 heavy (non-hydrogen) atoms. The van der Waals surface area contributed by atoms with Gasteiger partial charge in [-0.05, 0) is 19.9 Å². The number of hydrogen-bond donors (Lipinski definition) is 0. The van der Waals surface area contributed by atoms with Gasteiger partial charge in [0.15, 0.2) is 0 Å². The Bertz CT molecular complexity index is 407. The third-order valence-electron chi connectivity index (χ3n) is 4.15. The fourth-order valence-corrected chi connectivity index (χ4v) is 2.74. The van der Waals surface area contributed by atoms with Crippen LogP contribution in [-0.4, -0.2) is 55.2 Å². The highest BCUT2D eigenvalue weighted by atomic mass is 16.5. The van der Waals surface area contributed by atoms with Crippen molar-refractivity contribution < 1.29 is 4.74 Å². The molecule has 0 aliphatic heterocycles. The summed E-state index contributed by atoms with van der Waals surface area (Å²) in [6.45, 7) is 1.97. The number of aromatic nitrogens is 2. The highest BCUT2D eigenvalue weighted by molar-refractivity contribution is 5.30. The molecule has 0 aromatic carbocycles. The average molecular weight is 278 g/mol. The molecule has 1 aromatic rings. The normalized spacial score (nSPS) is 16.4. The van der Waals surface area contributed by atoms with E-state index in [9.17, 15) is 0 Å². The number of rotatable bonds is 6. The zero-order chi connectivity index (χ0) is 14.4. The van der Waals surface area contributed by atoms with Crippen molar-refractivity contribution in [3.63, 3.8) is 0 Å². The second kappa shape index (κ2) is 7.43. The molecule has 5 nitrogen and oxygen atoms in total. The Kier molecular flexibility index (Phi) is 5.59. The lowest BCUT2D eigenvalue weighted by Gasteiger charge is -2.32. The first-order valence-corrected chi connectivity index (χ1v) is 7.49. The van der Waals surface area contributed by atoms with Crippen molar-refractivity contribution in [3.05, 3.63) is 12.3 Å². The van der Waals surface area contributed by atoms with Gasteiger partial charge >= 0.3 is 0 Å². The van der Waals surface area contributed by atoms with Gasteiger partial charge in [-0.25, -0.2) is 4.98 Å². The van der Waals surface area contributed by atoms with E-state index >= 15 is 0 Å². The molecule has 0 unspecified atom stereocenters. The lowest BCUT2D eigenvalue weighted by molar-refractivity contribution is 0.196. The molecule has 0 amide bonds. The zero-order valence-corrected chi connectivity index (χ0v) is 12.9. The summed E-state index contributed by atoms with van der Waals surface area (Å²) >= 11 is 0. The molecule has 5 heteroatoms. The fourth-order valence-electron chi connectivity index (χ4n) is 2.74. The summed E-state index contributed by atoms with van der Waals surface area (Å²) in [6.07, 6.45) is 8.59. The highest BCUT2D eigenvalue weighted by Gasteiger charge is 2.18. The van der Waals surface area contributed by atoms with E-state index in [2.05, 4.69) is 26.8 Å². The first-order valence-electron chi connectivity index (χ1n) is 7.49. The van der Waals surface area contributed by atoms with Crippen LogP contribution < -0.4 is 9.64 Å². The SMILES string of the molecule is COc1ccnc(N(C)CCN(C)C2CCCCC2)n1. The summed E-state index contributed by atoms with van der Waals surface area (Å²) in [4.78, 5) is 13.2. The Morgan fingerprint density at radius 3 is 2.65 bits per heavy atom. The van der Waals surface area contributed by atoms with Gasteiger partial charge in [0.1, 0.15) is 0 Å². The summed E-state index contributed by atoms with van der Waals surface area (Å²) in [7, 11) is 5.89. The smallest absolute Gasteiger partial charge is 0.228 e. The second-order valence-electron chi connectivity index (χ2n) is 5.59. The molecule has 0 spiro atoms. The van der Waals surface area contributed by atoms with E-state index in [0.717, 1.165) is 25.1 Å². The minimum absolute atomic E-state index is 0.613. The van der Waals surface area contributed by atoms with E-state index in [1.54, 1.807) is 19.4 Å². The van der Waals surface area contributed by atoms with Crippen molar-refractivity contribution in [1.82, 2.24) is 14.9 Å². The van der Waals surface area contributed by atoms with Crippen molar-refractivity contribution in [2.75, 3.05) is 39.2 Å². The van der Waals surface area contributed by atoms with Gasteiger partial charge in [-0.15, -0.1) is 0 Å². The van der Waals surface area contributed by atoms with Crippen LogP contribution in [0.2, 0.25) is 0 Å². The van der Waals surface area contributed by atoms with Crippen LogP contribution in [0.1, 0.15) is 32.1 Å². The number of likely N-dealkylation sites (N-methyl/N-ethyl adjacent to an activating group) is 2. The topological polar surface area (TPSA) is 41.5 Å². The molecule has 0 radical (unpaired) electrons. The molecule has 1 aliphatic carbocycles. The maximum atomic E-state index is 5.14. The Labute approximate surface area is 122 Å². The predicted molar refractivity (Wildman–Crippen MR) is 81.4 cm³/mol. The Morgan fingerprint density at radius 1 is 1.20 bits per heavy atom. The molecule has 1 aromatic heterocycles. The Morgan fingerprint density at radius 2 is 1.95 bits per heavy atom. The summed E-state index contributed by atoms with van der Waals surface area (Å²) < 4.78 is 5.14. The number of hydrogen-bond acceptors (Lipinski definition) is 5. The first kappa shape index (κ1) is 15.0. The molecule has 1 aliphatic rings. The predicted octanol–water partition coefficient (Wildman–Crippen LogP) is 2.19. The van der Waals surface area contributed by atoms with E-state index in [4.69, 9.17) is 4.74 Å². The van der Waals surface area contributed by atoms with Crippen LogP contribution in [0.15, 0.2) is 12.3 Å². The highest BCUT2D eigenvalue weighted by Crippen LogP contribution is 2.21. The van der Waals surface area contributed by atoms with Crippen LogP contribution >= 0.6 is 0 Å². The molecule has 1 fully saturated rings. The van der Waals surface area contributed by atoms with Gasteiger partial charge in [-0.3, -0.25) is 0 Å². The van der Waals surface area contributed by atoms with Crippen LogP contribution in [0.25, 0.3) is 0 Å². The molecule has 112 valence electrons. The lowest BCUT2D eigenvalue weighted by atomic mass is 9.94. The largest absolute Gasteiger partial charge is 0.481 e. The molecule has 0 bridgehead atoms. The minimum Gasteiger partial charge on any atom is -0.481 e. The molecular formula is C15H26N4O. The number of methoxy groups -OCH3 is 1. The van der Waals surface area contributed by atoms with Gasteiger partial charge in [-0.2, -0.15) is 4.98 Å². The van der Waals surface area contributed by atoms with E-state index in [1.807, 2.05) is 7.05 Å². The summed E-state index contributed by atoms with van der Waals surface area (Å²) in [6, 6.07) is 2.52. The molecular weight excluding hydrogens is 252 g/mol. The monoisotopic (exact) mass is 278 g/mol. The standard InChI is InChI=1S/C15H26N4O/c1-18(13-7-5-4-6-8-13)11-12-19(2)15-16-10-9-14(17-15)20-3/h9-10,13H,4-8,11-12H2,1-3H3. The van der Waals surface area contributed by atoms with Gasteiger partial charge in [0, 0.05) is 38.4 Å². The van der Waals surface area contributed by atoms with Gasteiger partial charge in [0.05, 0.1) is 7.11 Å². The average Bonchev–Trinajstić information content (AvgIpc) is 2.53. The van der Waals surface area contributed by atoms with E-state index in [1.165, 1.54) is 32.1 Å². The van der Waals surface area contributed by atoms with Crippen molar-refractivity contribution >= 4 is 5.95 Å². The third kappa shape index (κ3) is 4.07. The molecule has 1 heterocycles. The van der Waals surface area contributed by atoms with Gasteiger partial charge in [0.25, 0.3) is 0 Å². The van der Waals surface area contributed by atoms with E-state index in [0.29, 0.717) is 5.88 Å². The molecule has 0 N–H and O–H groups in total. The summed E-state index contributed by atoms with van der Waals surface area (Å²) in [5.74, 6) is 1.34. The van der Waals surface area contributed by atoms with Crippen molar-refractivity contribution in [2.24, 2.45) is 0 Å². The van der Waals surface area contributed by atoms with Crippen molar-refractivity contribution in [3.8, 4) is 5.88 Å². The molecule has 2 rings (SSSR count). The summed E-state index contributed by atoms with van der Waals surface area (Å²) in [5.41, 5.74) is 0. The van der Waals surface area contributed by atoms with E-state index in [-0.39, 0.29) is 0 Å². The number of anilines is 1. The van der Waals surface area contributed by atoms with Gasteiger partial charge in [0.2, 0.25) is 11.8 Å². The second-order valence-corrected chi connectivity index (χ2v) is 5.59. The summed E-state index contributed by atoms with van der Waals surface area (Å²) in [5, 5.41) is 0. The number of ether oxygens (including phenoxy) is 1. The Hall–Kier alpha value is -1.36. The van der Waals surface area contributed by atoms with E-state index < -0.39 is 0 Å². The number of nitrogens with zero attached hydrogens (tertiary/aromatic N) is 4. The molecule has 0 saturated heterocycles. The van der Waals surface area contributed by atoms with Crippen LogP contribution in [0.4, 0.5) is 5.95 Å². The van der Waals surface area contributed by atoms with Crippen LogP contribution in [0.5, 0.6) is 5.88 Å².